The lowest BCUT2D eigenvalue weighted by Gasteiger charge is -2.20. The van der Waals surface area contributed by atoms with Gasteiger partial charge in [-0.1, -0.05) is 56.4 Å². The molecular formula is C17H20N2S. The third-order valence-electron chi connectivity index (χ3n) is 3.82. The fraction of sp³-hybridized carbons (Fsp3) is 0.412. The van der Waals surface area contributed by atoms with Crippen LogP contribution in [0.15, 0.2) is 30.3 Å². The molecule has 1 aromatic carbocycles. The summed E-state index contributed by atoms with van der Waals surface area (Å²) in [6, 6.07) is 10.4. The predicted molar refractivity (Wildman–Crippen MR) is 85.4 cm³/mol. The Morgan fingerprint density at radius 1 is 1.20 bits per heavy atom. The van der Waals surface area contributed by atoms with E-state index in [9.17, 15) is 0 Å². The fourth-order valence-electron chi connectivity index (χ4n) is 2.98. The third kappa shape index (κ3) is 2.42. The van der Waals surface area contributed by atoms with Crippen molar-refractivity contribution in [1.82, 2.24) is 9.55 Å². The minimum Gasteiger partial charge on any atom is -0.329 e. The average molecular weight is 284 g/mol. The van der Waals surface area contributed by atoms with E-state index in [0.717, 1.165) is 35.4 Å². The van der Waals surface area contributed by atoms with Crippen molar-refractivity contribution in [1.29, 1.82) is 0 Å². The number of hydrogen-bond donors (Lipinski definition) is 0. The number of hydrogen-bond acceptors (Lipinski definition) is 2. The van der Waals surface area contributed by atoms with Crippen LogP contribution in [-0.2, 0) is 19.4 Å². The van der Waals surface area contributed by atoms with Crippen LogP contribution in [0, 0.1) is 10.6 Å². The molecule has 0 saturated carbocycles. The second-order valence-electron chi connectivity index (χ2n) is 5.89. The largest absolute Gasteiger partial charge is 0.329 e. The Morgan fingerprint density at radius 3 is 2.65 bits per heavy atom. The van der Waals surface area contributed by atoms with Crippen LogP contribution >= 0.6 is 12.2 Å². The highest BCUT2D eigenvalue weighted by molar-refractivity contribution is 7.71. The van der Waals surface area contributed by atoms with Crippen molar-refractivity contribution in [3.05, 3.63) is 46.2 Å². The Balaban J connectivity index is 2.23. The van der Waals surface area contributed by atoms with Crippen LogP contribution in [0.5, 0.6) is 0 Å². The average Bonchev–Trinajstić information content (AvgIpc) is 2.92. The van der Waals surface area contributed by atoms with Gasteiger partial charge in [-0.15, -0.1) is 0 Å². The second-order valence-corrected chi connectivity index (χ2v) is 6.28. The zero-order valence-electron chi connectivity index (χ0n) is 12.1. The predicted octanol–water partition coefficient (Wildman–Crippen LogP) is 4.42. The molecule has 0 spiro atoms. The molecule has 1 aliphatic carbocycles. The summed E-state index contributed by atoms with van der Waals surface area (Å²) in [5.74, 6) is 1.63. The summed E-state index contributed by atoms with van der Waals surface area (Å²) in [5.41, 5.74) is 3.88. The number of aromatic nitrogens is 2. The van der Waals surface area contributed by atoms with Gasteiger partial charge in [0.1, 0.15) is 10.5 Å². The van der Waals surface area contributed by atoms with Crippen LogP contribution in [0.1, 0.15) is 31.5 Å². The maximum absolute atomic E-state index is 5.51. The number of benzene rings is 1. The van der Waals surface area contributed by atoms with Crippen molar-refractivity contribution in [2.24, 2.45) is 5.92 Å². The molecule has 1 aromatic heterocycles. The van der Waals surface area contributed by atoms with Gasteiger partial charge in [0, 0.05) is 23.4 Å². The quantitative estimate of drug-likeness (QED) is 0.776. The van der Waals surface area contributed by atoms with Gasteiger partial charge in [0.25, 0.3) is 0 Å². The van der Waals surface area contributed by atoms with Gasteiger partial charge >= 0.3 is 0 Å². The Kier molecular flexibility index (Phi) is 3.70. The Hall–Kier alpha value is -1.48. The zero-order valence-corrected chi connectivity index (χ0v) is 12.9. The van der Waals surface area contributed by atoms with E-state index in [2.05, 4.69) is 42.7 Å². The van der Waals surface area contributed by atoms with Crippen LogP contribution in [-0.4, -0.2) is 9.55 Å². The van der Waals surface area contributed by atoms with Gasteiger partial charge < -0.3 is 4.57 Å². The molecule has 0 saturated heterocycles. The number of rotatable bonds is 3. The molecule has 3 rings (SSSR count). The molecular weight excluding hydrogens is 264 g/mol. The van der Waals surface area contributed by atoms with E-state index in [1.165, 1.54) is 17.7 Å². The van der Waals surface area contributed by atoms with Gasteiger partial charge in [0.2, 0.25) is 0 Å². The lowest BCUT2D eigenvalue weighted by atomic mass is 10.1. The van der Waals surface area contributed by atoms with Crippen LogP contribution in [0.3, 0.4) is 0 Å². The van der Waals surface area contributed by atoms with Crippen molar-refractivity contribution < 1.29 is 0 Å². The minimum atomic E-state index is 0.602. The molecule has 2 nitrogen and oxygen atoms in total. The molecule has 3 heteroatoms. The second kappa shape index (κ2) is 5.49. The lowest BCUT2D eigenvalue weighted by molar-refractivity contribution is 0.507. The molecule has 0 atom stereocenters. The molecule has 0 fully saturated rings. The Bertz CT molecular complexity index is 671. The van der Waals surface area contributed by atoms with Gasteiger partial charge in [-0.3, -0.25) is 0 Å². The zero-order chi connectivity index (χ0) is 14.1. The van der Waals surface area contributed by atoms with E-state index in [4.69, 9.17) is 17.2 Å². The highest BCUT2D eigenvalue weighted by atomic mass is 32.1. The maximum atomic E-state index is 5.51. The monoisotopic (exact) mass is 284 g/mol. The van der Waals surface area contributed by atoms with Gasteiger partial charge in [0.15, 0.2) is 0 Å². The first-order valence-corrected chi connectivity index (χ1v) is 7.75. The fourth-order valence-corrected chi connectivity index (χ4v) is 3.28. The van der Waals surface area contributed by atoms with Crippen LogP contribution in [0.4, 0.5) is 0 Å². The van der Waals surface area contributed by atoms with E-state index in [1.54, 1.807) is 0 Å². The minimum absolute atomic E-state index is 0.602. The third-order valence-corrected chi connectivity index (χ3v) is 4.15. The highest BCUT2D eigenvalue weighted by Gasteiger charge is 2.20. The first-order chi connectivity index (χ1) is 9.66. The molecule has 0 amide bonds. The summed E-state index contributed by atoms with van der Waals surface area (Å²) in [6.07, 6.45) is 3.43. The highest BCUT2D eigenvalue weighted by Crippen LogP contribution is 2.28. The molecule has 104 valence electrons. The number of fused-ring (bicyclic) bond motifs is 1. The molecule has 0 radical (unpaired) electrons. The molecule has 0 N–H and O–H groups in total. The molecule has 0 unspecified atom stereocenters. The van der Waals surface area contributed by atoms with Crippen LogP contribution in [0.2, 0.25) is 0 Å². The lowest BCUT2D eigenvalue weighted by Crippen LogP contribution is -2.15. The molecule has 0 aliphatic heterocycles. The topological polar surface area (TPSA) is 17.8 Å². The van der Waals surface area contributed by atoms with E-state index >= 15 is 0 Å². The summed E-state index contributed by atoms with van der Waals surface area (Å²) in [6.45, 7) is 5.52. The van der Waals surface area contributed by atoms with Crippen molar-refractivity contribution in [3.8, 4) is 11.4 Å². The van der Waals surface area contributed by atoms with Crippen molar-refractivity contribution >= 4 is 12.2 Å². The van der Waals surface area contributed by atoms with Crippen molar-refractivity contribution in [2.45, 2.75) is 39.7 Å². The summed E-state index contributed by atoms with van der Waals surface area (Å²) in [4.78, 5) is 4.75. The maximum Gasteiger partial charge on any atom is 0.141 e. The normalized spacial score (nSPS) is 13.8. The molecule has 2 aromatic rings. The first-order valence-electron chi connectivity index (χ1n) is 7.35. The number of nitrogens with zero attached hydrogens (tertiary/aromatic N) is 2. The van der Waals surface area contributed by atoms with Gasteiger partial charge in [0.05, 0.1) is 0 Å². The molecule has 20 heavy (non-hydrogen) atoms. The molecule has 1 aliphatic rings. The molecule has 0 bridgehead atoms. The first kappa shape index (κ1) is 13.5. The van der Waals surface area contributed by atoms with Gasteiger partial charge in [-0.25, -0.2) is 4.98 Å². The van der Waals surface area contributed by atoms with E-state index in [-0.39, 0.29) is 0 Å². The smallest absolute Gasteiger partial charge is 0.141 e. The SMILES string of the molecule is CC(C)Cn1c(-c2ccccc2)nc(=S)c2c1CCC2. The van der Waals surface area contributed by atoms with Crippen LogP contribution in [0.25, 0.3) is 11.4 Å². The van der Waals surface area contributed by atoms with Crippen molar-refractivity contribution in [3.63, 3.8) is 0 Å². The Labute approximate surface area is 125 Å². The summed E-state index contributed by atoms with van der Waals surface area (Å²) < 4.78 is 3.20. The standard InChI is InChI=1S/C17H20N2S/c1-12(2)11-19-15-10-6-9-14(15)17(20)18-16(19)13-7-4-3-5-8-13/h3-5,7-8,12H,6,9-11H2,1-2H3. The van der Waals surface area contributed by atoms with E-state index in [0.29, 0.717) is 5.92 Å². The summed E-state index contributed by atoms with van der Waals surface area (Å²) in [7, 11) is 0. The van der Waals surface area contributed by atoms with Gasteiger partial charge in [-0.2, -0.15) is 0 Å². The van der Waals surface area contributed by atoms with E-state index < -0.39 is 0 Å². The Morgan fingerprint density at radius 2 is 1.95 bits per heavy atom. The van der Waals surface area contributed by atoms with E-state index in [1.807, 2.05) is 6.07 Å². The van der Waals surface area contributed by atoms with Crippen molar-refractivity contribution in [2.75, 3.05) is 0 Å². The van der Waals surface area contributed by atoms with Crippen LogP contribution < -0.4 is 0 Å². The van der Waals surface area contributed by atoms with Gasteiger partial charge in [-0.05, 0) is 25.2 Å². The summed E-state index contributed by atoms with van der Waals surface area (Å²) >= 11 is 5.51. The summed E-state index contributed by atoms with van der Waals surface area (Å²) in [5, 5.41) is 0. The molecule has 1 heterocycles.